The highest BCUT2D eigenvalue weighted by Gasteiger charge is 2.13. The van der Waals surface area contributed by atoms with Crippen molar-refractivity contribution in [3.05, 3.63) is 109 Å². The Morgan fingerprint density at radius 2 is 0.860 bits per heavy atom. The minimum Gasteiger partial charge on any atom is -0.494 e. The first-order valence-corrected chi connectivity index (χ1v) is 16.7. The molecule has 0 aliphatic carbocycles. The standard InChI is InChI=1S/C40H46O10/c1-5-37(41)47-25-7-9-29(3)23-27-45-33-15-11-31(12-16-33)39(43)49-35-19-21-36(22-20-35)50-40(44)32-13-17-34(18-14-32)46-28-24-30(4)10-8-26-48-38(42)6-2/h5-6,11-22,29-30H,1-2,7-10,23-28H2,3-4H3/t29-,30-/m1/s1. The smallest absolute Gasteiger partial charge is 0.343 e. The van der Waals surface area contributed by atoms with Gasteiger partial charge in [0.25, 0.3) is 0 Å². The molecule has 0 saturated heterocycles. The molecule has 50 heavy (non-hydrogen) atoms. The zero-order chi connectivity index (χ0) is 36.1. The molecule has 0 heterocycles. The van der Waals surface area contributed by atoms with Crippen molar-refractivity contribution in [1.29, 1.82) is 0 Å². The average Bonchev–Trinajstić information content (AvgIpc) is 3.13. The fourth-order valence-corrected chi connectivity index (χ4v) is 4.65. The summed E-state index contributed by atoms with van der Waals surface area (Å²) in [5.41, 5.74) is 0.724. The van der Waals surface area contributed by atoms with Crippen molar-refractivity contribution in [2.75, 3.05) is 26.4 Å². The van der Waals surface area contributed by atoms with Gasteiger partial charge >= 0.3 is 23.9 Å². The van der Waals surface area contributed by atoms with Crippen LogP contribution in [0.15, 0.2) is 98.1 Å². The van der Waals surface area contributed by atoms with Crippen molar-refractivity contribution in [1.82, 2.24) is 0 Å². The molecule has 0 amide bonds. The molecule has 3 aromatic rings. The van der Waals surface area contributed by atoms with E-state index in [0.717, 1.165) is 50.7 Å². The number of esters is 4. The Balaban J connectivity index is 1.34. The largest absolute Gasteiger partial charge is 0.494 e. The lowest BCUT2D eigenvalue weighted by Crippen LogP contribution is -2.10. The zero-order valence-corrected chi connectivity index (χ0v) is 28.8. The molecule has 0 N–H and O–H groups in total. The topological polar surface area (TPSA) is 124 Å². The van der Waals surface area contributed by atoms with E-state index in [1.807, 2.05) is 0 Å². The van der Waals surface area contributed by atoms with E-state index in [-0.39, 0.29) is 0 Å². The SMILES string of the molecule is C=CC(=O)OCCC[C@@H](C)CCOc1ccc(C(=O)Oc2ccc(OC(=O)c3ccc(OCC[C@H](C)CCCOC(=O)C=C)cc3)cc2)cc1. The van der Waals surface area contributed by atoms with Gasteiger partial charge in [0.2, 0.25) is 0 Å². The highest BCUT2D eigenvalue weighted by Crippen LogP contribution is 2.22. The zero-order valence-electron chi connectivity index (χ0n) is 28.8. The number of benzene rings is 3. The van der Waals surface area contributed by atoms with Gasteiger partial charge in [0.1, 0.15) is 23.0 Å². The van der Waals surface area contributed by atoms with E-state index in [1.54, 1.807) is 72.8 Å². The summed E-state index contributed by atoms with van der Waals surface area (Å²) < 4.78 is 32.5. The van der Waals surface area contributed by atoms with Gasteiger partial charge in [-0.25, -0.2) is 19.2 Å². The molecule has 0 aliphatic rings. The molecule has 3 rings (SSSR count). The Labute approximate surface area is 294 Å². The third-order valence-corrected chi connectivity index (χ3v) is 7.69. The molecule has 0 unspecified atom stereocenters. The summed E-state index contributed by atoms with van der Waals surface area (Å²) in [6, 6.07) is 19.6. The van der Waals surface area contributed by atoms with Gasteiger partial charge in [-0.3, -0.25) is 0 Å². The van der Waals surface area contributed by atoms with Crippen molar-refractivity contribution in [2.45, 2.75) is 52.4 Å². The normalized spacial score (nSPS) is 11.7. The van der Waals surface area contributed by atoms with E-state index >= 15 is 0 Å². The Kier molecular flexibility index (Phi) is 16.8. The minimum atomic E-state index is -0.532. The lowest BCUT2D eigenvalue weighted by Gasteiger charge is -2.13. The maximum atomic E-state index is 12.7. The average molecular weight is 687 g/mol. The van der Waals surface area contributed by atoms with Crippen LogP contribution >= 0.6 is 0 Å². The molecule has 3 aromatic carbocycles. The summed E-state index contributed by atoms with van der Waals surface area (Å²) in [4.78, 5) is 47.5. The van der Waals surface area contributed by atoms with Gasteiger partial charge in [-0.1, -0.05) is 27.0 Å². The Morgan fingerprint density at radius 3 is 1.20 bits per heavy atom. The highest BCUT2D eigenvalue weighted by molar-refractivity contribution is 5.92. The fraction of sp³-hybridized carbons (Fsp3) is 0.350. The second-order valence-electron chi connectivity index (χ2n) is 11.8. The van der Waals surface area contributed by atoms with Crippen molar-refractivity contribution in [2.24, 2.45) is 11.8 Å². The second-order valence-corrected chi connectivity index (χ2v) is 11.8. The van der Waals surface area contributed by atoms with Crippen LogP contribution in [-0.4, -0.2) is 50.3 Å². The maximum absolute atomic E-state index is 12.7. The molecule has 0 radical (unpaired) electrons. The number of carbonyl (C=O) groups excluding carboxylic acids is 4. The molecule has 0 saturated carbocycles. The summed E-state index contributed by atoms with van der Waals surface area (Å²) in [6.45, 7) is 12.8. The molecule has 266 valence electrons. The third-order valence-electron chi connectivity index (χ3n) is 7.69. The van der Waals surface area contributed by atoms with Crippen LogP contribution in [0.3, 0.4) is 0 Å². The lowest BCUT2D eigenvalue weighted by molar-refractivity contribution is -0.138. The van der Waals surface area contributed by atoms with E-state index < -0.39 is 23.9 Å². The molecule has 0 aliphatic heterocycles. The minimum absolute atomic E-state index is 0.301. The Bertz CT molecular complexity index is 1410. The van der Waals surface area contributed by atoms with E-state index in [9.17, 15) is 19.2 Å². The van der Waals surface area contributed by atoms with Crippen LogP contribution in [-0.2, 0) is 19.1 Å². The first-order chi connectivity index (χ1) is 24.2. The Hall–Kier alpha value is -5.38. The van der Waals surface area contributed by atoms with E-state index in [0.29, 0.717) is 72.4 Å². The number of carbonyl (C=O) groups is 4. The monoisotopic (exact) mass is 686 g/mol. The molecule has 2 atom stereocenters. The quantitative estimate of drug-likeness (QED) is 0.0445. The van der Waals surface area contributed by atoms with Crippen LogP contribution in [0.4, 0.5) is 0 Å². The van der Waals surface area contributed by atoms with Crippen LogP contribution < -0.4 is 18.9 Å². The van der Waals surface area contributed by atoms with Crippen LogP contribution in [0.25, 0.3) is 0 Å². The van der Waals surface area contributed by atoms with Crippen LogP contribution in [0.1, 0.15) is 73.1 Å². The van der Waals surface area contributed by atoms with Crippen molar-refractivity contribution in [3.8, 4) is 23.0 Å². The molecule has 0 spiro atoms. The van der Waals surface area contributed by atoms with Gasteiger partial charge in [0, 0.05) is 12.2 Å². The van der Waals surface area contributed by atoms with Gasteiger partial charge in [0.15, 0.2) is 0 Å². The van der Waals surface area contributed by atoms with Gasteiger partial charge in [-0.2, -0.15) is 0 Å². The molecule has 0 bridgehead atoms. The molecule has 10 heteroatoms. The number of hydrogen-bond donors (Lipinski definition) is 0. The van der Waals surface area contributed by atoms with Crippen LogP contribution in [0.2, 0.25) is 0 Å². The summed E-state index contributed by atoms with van der Waals surface area (Å²) in [5.74, 6) is 0.815. The second kappa shape index (κ2) is 21.6. The van der Waals surface area contributed by atoms with E-state index in [4.69, 9.17) is 28.4 Å². The first-order valence-electron chi connectivity index (χ1n) is 16.7. The van der Waals surface area contributed by atoms with Gasteiger partial charge in [-0.15, -0.1) is 0 Å². The van der Waals surface area contributed by atoms with E-state index in [1.165, 1.54) is 0 Å². The molecular formula is C40H46O10. The number of hydrogen-bond acceptors (Lipinski definition) is 10. The number of ether oxygens (including phenoxy) is 6. The van der Waals surface area contributed by atoms with Gasteiger partial charge in [0.05, 0.1) is 37.6 Å². The van der Waals surface area contributed by atoms with Crippen LogP contribution in [0, 0.1) is 11.8 Å². The summed E-state index contributed by atoms with van der Waals surface area (Å²) in [7, 11) is 0. The molecule has 10 nitrogen and oxygen atoms in total. The molecule has 0 aromatic heterocycles. The predicted molar refractivity (Wildman–Crippen MR) is 189 cm³/mol. The summed E-state index contributed by atoms with van der Waals surface area (Å²) in [6.07, 6.45) is 7.37. The van der Waals surface area contributed by atoms with Gasteiger partial charge < -0.3 is 28.4 Å². The maximum Gasteiger partial charge on any atom is 0.343 e. The summed E-state index contributed by atoms with van der Waals surface area (Å²) >= 11 is 0. The van der Waals surface area contributed by atoms with Crippen molar-refractivity contribution < 1.29 is 47.6 Å². The highest BCUT2D eigenvalue weighted by atomic mass is 16.5. The van der Waals surface area contributed by atoms with Crippen LogP contribution in [0.5, 0.6) is 23.0 Å². The van der Waals surface area contributed by atoms with Crippen molar-refractivity contribution >= 4 is 23.9 Å². The molecular weight excluding hydrogens is 640 g/mol. The van der Waals surface area contributed by atoms with E-state index in [2.05, 4.69) is 27.0 Å². The number of rotatable bonds is 22. The first kappa shape index (κ1) is 39.1. The van der Waals surface area contributed by atoms with Gasteiger partial charge in [-0.05, 0) is 123 Å². The Morgan fingerprint density at radius 1 is 0.520 bits per heavy atom. The van der Waals surface area contributed by atoms with Crippen molar-refractivity contribution in [3.63, 3.8) is 0 Å². The summed E-state index contributed by atoms with van der Waals surface area (Å²) in [5, 5.41) is 0. The fourth-order valence-electron chi connectivity index (χ4n) is 4.65. The third kappa shape index (κ3) is 14.8. The lowest BCUT2D eigenvalue weighted by atomic mass is 10.0. The predicted octanol–water partition coefficient (Wildman–Crippen LogP) is 7.95. The molecule has 0 fully saturated rings.